The van der Waals surface area contributed by atoms with E-state index >= 15 is 0 Å². The van der Waals surface area contributed by atoms with Crippen molar-refractivity contribution in [2.75, 3.05) is 5.32 Å². The van der Waals surface area contributed by atoms with Crippen LogP contribution < -0.4 is 5.32 Å². The molecule has 0 aliphatic carbocycles. The summed E-state index contributed by atoms with van der Waals surface area (Å²) in [5, 5.41) is 16.4. The number of rotatable bonds is 5. The monoisotopic (exact) mass is 448 g/mol. The Bertz CT molecular complexity index is 1500. The Morgan fingerprint density at radius 1 is 0.970 bits per heavy atom. The second kappa shape index (κ2) is 9.07. The maximum absolute atomic E-state index is 12.0. The van der Waals surface area contributed by atoms with Gasteiger partial charge in [0.15, 0.2) is 0 Å². The SMILES string of the molecule is O=C(O)c1cccc(C#Cc2cccc(NCc3cccs3)c2)c1-c1ccc2cc[nH]c2c1. The topological polar surface area (TPSA) is 65.1 Å². The first-order valence-corrected chi connectivity index (χ1v) is 11.4. The van der Waals surface area contributed by atoms with E-state index in [2.05, 4.69) is 33.6 Å². The molecule has 0 saturated heterocycles. The van der Waals surface area contributed by atoms with Gasteiger partial charge in [-0.15, -0.1) is 11.3 Å². The molecule has 0 aliphatic rings. The van der Waals surface area contributed by atoms with Gasteiger partial charge in [0.1, 0.15) is 0 Å². The lowest BCUT2D eigenvalue weighted by atomic mass is 9.93. The van der Waals surface area contributed by atoms with E-state index in [9.17, 15) is 9.90 Å². The quantitative estimate of drug-likeness (QED) is 0.265. The summed E-state index contributed by atoms with van der Waals surface area (Å²) >= 11 is 1.72. The van der Waals surface area contributed by atoms with Gasteiger partial charge in [0.25, 0.3) is 0 Å². The van der Waals surface area contributed by atoms with Crippen LogP contribution in [0.25, 0.3) is 22.0 Å². The first-order valence-electron chi connectivity index (χ1n) is 10.5. The zero-order valence-electron chi connectivity index (χ0n) is 17.6. The van der Waals surface area contributed by atoms with Crippen LogP contribution >= 0.6 is 11.3 Å². The van der Waals surface area contributed by atoms with Gasteiger partial charge in [-0.2, -0.15) is 0 Å². The van der Waals surface area contributed by atoms with Crippen molar-refractivity contribution in [1.82, 2.24) is 4.98 Å². The van der Waals surface area contributed by atoms with Crippen LogP contribution in [0.15, 0.2) is 90.4 Å². The average Bonchev–Trinajstić information content (AvgIpc) is 3.53. The summed E-state index contributed by atoms with van der Waals surface area (Å²) in [6.07, 6.45) is 1.87. The number of hydrogen-bond donors (Lipinski definition) is 3. The standard InChI is InChI=1S/C28H20N2O2S/c31-28(32)25-8-2-5-21(27(25)22-12-11-20-13-14-29-26(20)17-22)10-9-19-4-1-6-23(16-19)30-18-24-7-3-15-33-24/h1-8,11-17,29-30H,18H2,(H,31,32). The summed E-state index contributed by atoms with van der Waals surface area (Å²) in [4.78, 5) is 16.4. The minimum atomic E-state index is -0.972. The number of carboxylic acid groups (broad SMARTS) is 1. The molecule has 33 heavy (non-hydrogen) atoms. The molecule has 0 amide bonds. The zero-order chi connectivity index (χ0) is 22.6. The molecule has 4 nitrogen and oxygen atoms in total. The highest BCUT2D eigenvalue weighted by Crippen LogP contribution is 2.30. The predicted octanol–water partition coefficient (Wildman–Crippen LogP) is 6.61. The van der Waals surface area contributed by atoms with E-state index in [0.717, 1.165) is 34.3 Å². The smallest absolute Gasteiger partial charge is 0.336 e. The molecule has 0 aliphatic heterocycles. The number of carbonyl (C=O) groups is 1. The number of hydrogen-bond acceptors (Lipinski definition) is 3. The molecule has 0 saturated carbocycles. The van der Waals surface area contributed by atoms with Gasteiger partial charge in [0.2, 0.25) is 0 Å². The highest BCUT2D eigenvalue weighted by molar-refractivity contribution is 7.09. The van der Waals surface area contributed by atoms with Crippen LogP contribution in [0.2, 0.25) is 0 Å². The Kier molecular flexibility index (Phi) is 5.67. The Labute approximate surface area is 195 Å². The van der Waals surface area contributed by atoms with Crippen LogP contribution in [0.4, 0.5) is 5.69 Å². The van der Waals surface area contributed by atoms with E-state index in [-0.39, 0.29) is 5.56 Å². The number of H-pyrrole nitrogens is 1. The molecule has 0 bridgehead atoms. The van der Waals surface area contributed by atoms with Crippen LogP contribution in [-0.4, -0.2) is 16.1 Å². The minimum Gasteiger partial charge on any atom is -0.478 e. The molecule has 5 rings (SSSR count). The van der Waals surface area contributed by atoms with Gasteiger partial charge in [0.05, 0.1) is 5.56 Å². The Morgan fingerprint density at radius 3 is 2.73 bits per heavy atom. The van der Waals surface area contributed by atoms with Gasteiger partial charge in [0, 0.05) is 45.5 Å². The number of benzene rings is 3. The third-order valence-electron chi connectivity index (χ3n) is 5.39. The molecule has 0 atom stereocenters. The van der Waals surface area contributed by atoms with Gasteiger partial charge in [-0.05, 0) is 64.9 Å². The Hall–Kier alpha value is -4.27. The number of fused-ring (bicyclic) bond motifs is 1. The molecule has 160 valence electrons. The predicted molar refractivity (Wildman–Crippen MR) is 135 cm³/mol. The van der Waals surface area contributed by atoms with Gasteiger partial charge in [-0.25, -0.2) is 4.79 Å². The van der Waals surface area contributed by atoms with Crippen LogP contribution in [0, 0.1) is 11.8 Å². The fraction of sp³-hybridized carbons (Fsp3) is 0.0357. The Balaban J connectivity index is 1.50. The van der Waals surface area contributed by atoms with Crippen molar-refractivity contribution < 1.29 is 9.90 Å². The molecule has 2 aromatic heterocycles. The van der Waals surface area contributed by atoms with E-state index in [1.54, 1.807) is 23.5 Å². The first-order chi connectivity index (χ1) is 16.2. The first kappa shape index (κ1) is 20.6. The molecule has 3 aromatic carbocycles. The van der Waals surface area contributed by atoms with E-state index < -0.39 is 5.97 Å². The number of aromatic carboxylic acids is 1. The lowest BCUT2D eigenvalue weighted by molar-refractivity contribution is 0.0697. The second-order valence-corrected chi connectivity index (χ2v) is 8.61. The van der Waals surface area contributed by atoms with E-state index in [1.165, 1.54) is 4.88 Å². The minimum absolute atomic E-state index is 0.235. The average molecular weight is 449 g/mol. The number of aromatic amines is 1. The summed E-state index contributed by atoms with van der Waals surface area (Å²) in [6, 6.07) is 25.2. The molecule has 0 fully saturated rings. The van der Waals surface area contributed by atoms with Crippen molar-refractivity contribution in [3.05, 3.63) is 112 Å². The fourth-order valence-electron chi connectivity index (χ4n) is 3.80. The van der Waals surface area contributed by atoms with Gasteiger partial charge in [-0.1, -0.05) is 42.2 Å². The van der Waals surface area contributed by atoms with Crippen molar-refractivity contribution in [2.24, 2.45) is 0 Å². The van der Waals surface area contributed by atoms with Gasteiger partial charge in [-0.3, -0.25) is 0 Å². The second-order valence-electron chi connectivity index (χ2n) is 7.58. The number of thiophene rings is 1. The summed E-state index contributed by atoms with van der Waals surface area (Å²) in [6.45, 7) is 0.764. The maximum atomic E-state index is 12.0. The fourth-order valence-corrected chi connectivity index (χ4v) is 4.44. The third-order valence-corrected chi connectivity index (χ3v) is 6.27. The van der Waals surface area contributed by atoms with E-state index in [0.29, 0.717) is 11.1 Å². The van der Waals surface area contributed by atoms with Crippen molar-refractivity contribution in [2.45, 2.75) is 6.54 Å². The number of anilines is 1. The van der Waals surface area contributed by atoms with Crippen LogP contribution in [0.5, 0.6) is 0 Å². The summed E-state index contributed by atoms with van der Waals surface area (Å²) in [5.41, 5.74) is 5.16. The summed E-state index contributed by atoms with van der Waals surface area (Å²) in [5.74, 6) is 5.46. The third kappa shape index (κ3) is 4.52. The number of nitrogens with one attached hydrogen (secondary N) is 2. The molecule has 5 heteroatoms. The molecule has 0 spiro atoms. The lowest BCUT2D eigenvalue weighted by Gasteiger charge is -2.10. The molecular formula is C28H20N2O2S. The molecule has 3 N–H and O–H groups in total. The molecular weight excluding hydrogens is 428 g/mol. The summed E-state index contributed by atoms with van der Waals surface area (Å²) in [7, 11) is 0. The maximum Gasteiger partial charge on any atom is 0.336 e. The Morgan fingerprint density at radius 2 is 1.88 bits per heavy atom. The van der Waals surface area contributed by atoms with Gasteiger partial charge >= 0.3 is 5.97 Å². The zero-order valence-corrected chi connectivity index (χ0v) is 18.4. The normalized spacial score (nSPS) is 10.5. The highest BCUT2D eigenvalue weighted by atomic mass is 32.1. The van der Waals surface area contributed by atoms with Crippen molar-refractivity contribution in [3.8, 4) is 23.0 Å². The lowest BCUT2D eigenvalue weighted by Crippen LogP contribution is -2.01. The van der Waals surface area contributed by atoms with Crippen LogP contribution in [-0.2, 0) is 6.54 Å². The number of aromatic nitrogens is 1. The summed E-state index contributed by atoms with van der Waals surface area (Å²) < 4.78 is 0. The molecule has 5 aromatic rings. The van der Waals surface area contributed by atoms with Crippen LogP contribution in [0.1, 0.15) is 26.4 Å². The van der Waals surface area contributed by atoms with E-state index in [1.807, 2.05) is 66.9 Å². The van der Waals surface area contributed by atoms with Gasteiger partial charge < -0.3 is 15.4 Å². The largest absolute Gasteiger partial charge is 0.478 e. The molecule has 2 heterocycles. The molecule has 0 unspecified atom stereocenters. The van der Waals surface area contributed by atoms with Crippen molar-refractivity contribution >= 4 is 33.9 Å². The molecule has 0 radical (unpaired) electrons. The number of carboxylic acids is 1. The van der Waals surface area contributed by atoms with Crippen molar-refractivity contribution in [3.63, 3.8) is 0 Å². The highest BCUT2D eigenvalue weighted by Gasteiger charge is 2.15. The van der Waals surface area contributed by atoms with Crippen molar-refractivity contribution in [1.29, 1.82) is 0 Å². The van der Waals surface area contributed by atoms with E-state index in [4.69, 9.17) is 0 Å². The van der Waals surface area contributed by atoms with Crippen LogP contribution in [0.3, 0.4) is 0 Å².